The van der Waals surface area contributed by atoms with Crippen molar-refractivity contribution in [1.82, 2.24) is 19.9 Å². The molecule has 144 valence electrons. The van der Waals surface area contributed by atoms with Crippen LogP contribution in [0.2, 0.25) is 0 Å². The lowest BCUT2D eigenvalue weighted by molar-refractivity contribution is 1.06. The van der Waals surface area contributed by atoms with Crippen molar-refractivity contribution in [2.75, 3.05) is 16.4 Å². The molecule has 2 aromatic carbocycles. The molecule has 0 spiro atoms. The Bertz CT molecular complexity index is 1100. The molecular formula is C22H21N7. The number of nitrogens with two attached hydrogens (primary N) is 1. The first-order chi connectivity index (χ1) is 14.2. The van der Waals surface area contributed by atoms with Crippen LogP contribution in [-0.2, 0) is 6.54 Å². The number of nitrogens with one attached hydrogen (secondary N) is 2. The largest absolute Gasteiger partial charge is 0.368 e. The van der Waals surface area contributed by atoms with Crippen LogP contribution in [0.15, 0.2) is 73.1 Å². The summed E-state index contributed by atoms with van der Waals surface area (Å²) in [5.41, 5.74) is 10.6. The Morgan fingerprint density at radius 3 is 2.48 bits per heavy atom. The molecule has 0 fully saturated rings. The number of hydrogen-bond acceptors (Lipinski definition) is 7. The maximum atomic E-state index is 5.72. The molecule has 0 amide bonds. The number of aryl methyl sites for hydroxylation is 1. The molecule has 0 atom stereocenters. The van der Waals surface area contributed by atoms with Crippen LogP contribution in [-0.4, -0.2) is 19.9 Å². The first kappa shape index (κ1) is 18.4. The molecule has 0 bridgehead atoms. The summed E-state index contributed by atoms with van der Waals surface area (Å²) < 4.78 is 0. The number of nitrogen functional groups attached to an aromatic ring is 1. The first-order valence-electron chi connectivity index (χ1n) is 9.25. The van der Waals surface area contributed by atoms with Crippen molar-refractivity contribution in [3.8, 4) is 11.3 Å². The predicted molar refractivity (Wildman–Crippen MR) is 116 cm³/mol. The summed E-state index contributed by atoms with van der Waals surface area (Å²) in [5.74, 6) is 1.55. The highest BCUT2D eigenvalue weighted by Crippen LogP contribution is 2.24. The molecule has 0 unspecified atom stereocenters. The van der Waals surface area contributed by atoms with E-state index in [0.717, 1.165) is 22.5 Å². The predicted octanol–water partition coefficient (Wildman–Crippen LogP) is 4.18. The summed E-state index contributed by atoms with van der Waals surface area (Å²) >= 11 is 0. The Labute approximate surface area is 169 Å². The van der Waals surface area contributed by atoms with E-state index in [1.165, 1.54) is 5.56 Å². The molecule has 0 saturated carbocycles. The zero-order valence-corrected chi connectivity index (χ0v) is 16.0. The monoisotopic (exact) mass is 383 g/mol. The second-order valence-electron chi connectivity index (χ2n) is 6.57. The highest BCUT2D eigenvalue weighted by Gasteiger charge is 2.06. The quantitative estimate of drug-likeness (QED) is 0.459. The zero-order chi connectivity index (χ0) is 20.1. The Balaban J connectivity index is 1.44. The van der Waals surface area contributed by atoms with Gasteiger partial charge in [-0.3, -0.25) is 0 Å². The zero-order valence-electron chi connectivity index (χ0n) is 16.0. The fraction of sp³-hybridized carbons (Fsp3) is 0.0909. The Morgan fingerprint density at radius 1 is 0.897 bits per heavy atom. The van der Waals surface area contributed by atoms with Crippen LogP contribution in [0.1, 0.15) is 11.1 Å². The third kappa shape index (κ3) is 4.65. The first-order valence-corrected chi connectivity index (χ1v) is 9.25. The van der Waals surface area contributed by atoms with E-state index in [1.54, 1.807) is 12.4 Å². The van der Waals surface area contributed by atoms with E-state index >= 15 is 0 Å². The Hall–Kier alpha value is -4.00. The van der Waals surface area contributed by atoms with Crippen molar-refractivity contribution in [2.45, 2.75) is 13.5 Å². The second-order valence-corrected chi connectivity index (χ2v) is 6.57. The molecule has 4 rings (SSSR count). The number of anilines is 4. The van der Waals surface area contributed by atoms with Crippen LogP contribution in [0.4, 0.5) is 23.4 Å². The van der Waals surface area contributed by atoms with E-state index in [-0.39, 0.29) is 5.95 Å². The molecule has 2 heterocycles. The maximum Gasteiger partial charge on any atom is 0.224 e. The Kier molecular flexibility index (Phi) is 5.29. The molecule has 7 nitrogen and oxygen atoms in total. The summed E-state index contributed by atoms with van der Waals surface area (Å²) in [4.78, 5) is 17.1. The third-order valence-corrected chi connectivity index (χ3v) is 4.37. The lowest BCUT2D eigenvalue weighted by Gasteiger charge is -2.10. The van der Waals surface area contributed by atoms with Gasteiger partial charge in [0.25, 0.3) is 0 Å². The second kappa shape index (κ2) is 8.35. The summed E-state index contributed by atoms with van der Waals surface area (Å²) in [6, 6.07) is 19.9. The minimum Gasteiger partial charge on any atom is -0.368 e. The van der Waals surface area contributed by atoms with Crippen molar-refractivity contribution < 1.29 is 0 Å². The van der Waals surface area contributed by atoms with Gasteiger partial charge in [0.1, 0.15) is 5.82 Å². The topological polar surface area (TPSA) is 102 Å². The van der Waals surface area contributed by atoms with Crippen LogP contribution in [0.25, 0.3) is 11.3 Å². The van der Waals surface area contributed by atoms with Gasteiger partial charge in [-0.1, -0.05) is 42.5 Å². The van der Waals surface area contributed by atoms with Gasteiger partial charge in [-0.05, 0) is 36.2 Å². The molecule has 0 saturated heterocycles. The molecule has 7 heteroatoms. The minimum atomic E-state index is 0.268. The molecule has 0 radical (unpaired) electrons. The normalized spacial score (nSPS) is 10.5. The highest BCUT2D eigenvalue weighted by molar-refractivity contribution is 5.67. The molecule has 2 aromatic heterocycles. The van der Waals surface area contributed by atoms with Crippen LogP contribution >= 0.6 is 0 Å². The van der Waals surface area contributed by atoms with E-state index in [0.29, 0.717) is 18.3 Å². The van der Waals surface area contributed by atoms with Gasteiger partial charge in [-0.2, -0.15) is 4.98 Å². The molecule has 0 aliphatic rings. The summed E-state index contributed by atoms with van der Waals surface area (Å²) in [5, 5.41) is 6.54. The molecule has 4 aromatic rings. The van der Waals surface area contributed by atoms with E-state index in [9.17, 15) is 0 Å². The SMILES string of the molecule is Cc1cnc(N)nc1-c1ccc(Nc2ccnc(NCc3ccccc3)n2)cc1. The lowest BCUT2D eigenvalue weighted by Crippen LogP contribution is -2.04. The smallest absolute Gasteiger partial charge is 0.224 e. The van der Waals surface area contributed by atoms with Crippen LogP contribution in [0.5, 0.6) is 0 Å². The van der Waals surface area contributed by atoms with Gasteiger partial charge in [0, 0.05) is 30.2 Å². The van der Waals surface area contributed by atoms with Gasteiger partial charge in [0.15, 0.2) is 0 Å². The fourth-order valence-electron chi connectivity index (χ4n) is 2.90. The molecule has 4 N–H and O–H groups in total. The summed E-state index contributed by atoms with van der Waals surface area (Å²) in [6.07, 6.45) is 3.46. The summed E-state index contributed by atoms with van der Waals surface area (Å²) in [7, 11) is 0. The molecule has 0 aliphatic carbocycles. The van der Waals surface area contributed by atoms with E-state index in [2.05, 4.69) is 42.7 Å². The third-order valence-electron chi connectivity index (χ3n) is 4.37. The number of aromatic nitrogens is 4. The van der Waals surface area contributed by atoms with Gasteiger partial charge in [0.2, 0.25) is 11.9 Å². The average molecular weight is 383 g/mol. The number of rotatable bonds is 6. The van der Waals surface area contributed by atoms with Gasteiger partial charge in [-0.15, -0.1) is 0 Å². The molecule has 0 aliphatic heterocycles. The van der Waals surface area contributed by atoms with Crippen molar-refractivity contribution >= 4 is 23.4 Å². The van der Waals surface area contributed by atoms with Gasteiger partial charge in [0.05, 0.1) is 5.69 Å². The standard InChI is InChI=1S/C22H21N7/c1-15-13-25-21(23)29-20(15)17-7-9-18(10-8-17)27-19-11-12-24-22(28-19)26-14-16-5-3-2-4-6-16/h2-13H,14H2,1H3,(H2,23,25,29)(H2,24,26,27,28). The van der Waals surface area contributed by atoms with Crippen molar-refractivity contribution in [3.05, 3.63) is 84.2 Å². The number of benzene rings is 2. The summed E-state index contributed by atoms with van der Waals surface area (Å²) in [6.45, 7) is 2.63. The van der Waals surface area contributed by atoms with Gasteiger partial charge in [-0.25, -0.2) is 15.0 Å². The lowest BCUT2D eigenvalue weighted by atomic mass is 10.1. The van der Waals surface area contributed by atoms with E-state index < -0.39 is 0 Å². The van der Waals surface area contributed by atoms with E-state index in [1.807, 2.05) is 55.5 Å². The maximum absolute atomic E-state index is 5.72. The minimum absolute atomic E-state index is 0.268. The van der Waals surface area contributed by atoms with Crippen LogP contribution in [0.3, 0.4) is 0 Å². The molecular weight excluding hydrogens is 362 g/mol. The van der Waals surface area contributed by atoms with Gasteiger partial charge >= 0.3 is 0 Å². The van der Waals surface area contributed by atoms with Crippen molar-refractivity contribution in [2.24, 2.45) is 0 Å². The number of hydrogen-bond donors (Lipinski definition) is 3. The van der Waals surface area contributed by atoms with Crippen LogP contribution in [0, 0.1) is 6.92 Å². The van der Waals surface area contributed by atoms with E-state index in [4.69, 9.17) is 5.73 Å². The van der Waals surface area contributed by atoms with Crippen LogP contribution < -0.4 is 16.4 Å². The highest BCUT2D eigenvalue weighted by atomic mass is 15.1. The Morgan fingerprint density at radius 2 is 1.69 bits per heavy atom. The fourth-order valence-corrected chi connectivity index (χ4v) is 2.90. The number of nitrogens with zero attached hydrogens (tertiary/aromatic N) is 4. The average Bonchev–Trinajstić information content (AvgIpc) is 2.76. The van der Waals surface area contributed by atoms with Crippen molar-refractivity contribution in [3.63, 3.8) is 0 Å². The van der Waals surface area contributed by atoms with Gasteiger partial charge < -0.3 is 16.4 Å². The molecule has 29 heavy (non-hydrogen) atoms. The van der Waals surface area contributed by atoms with Crippen molar-refractivity contribution in [1.29, 1.82) is 0 Å².